The molecule has 2 N–H and O–H groups in total. The smallest absolute Gasteiger partial charge is 0.348 e. The Hall–Kier alpha value is -1.71. The van der Waals surface area contributed by atoms with Gasteiger partial charge in [-0.1, -0.05) is 26.3 Å². The van der Waals surface area contributed by atoms with Crippen molar-refractivity contribution in [3.8, 4) is 11.5 Å². The average Bonchev–Trinajstić information content (AvgIpc) is 2.41. The first kappa shape index (κ1) is 13.7. The molecule has 1 aromatic carbocycles. The number of aromatic hydroxyl groups is 1. The van der Waals surface area contributed by atoms with Gasteiger partial charge in [-0.2, -0.15) is 0 Å². The Morgan fingerprint density at radius 1 is 1.42 bits per heavy atom. The summed E-state index contributed by atoms with van der Waals surface area (Å²) < 4.78 is 5.84. The molecule has 0 fully saturated rings. The number of aryl methyl sites for hydroxylation is 1. The van der Waals surface area contributed by atoms with Crippen LogP contribution in [0.3, 0.4) is 0 Å². The van der Waals surface area contributed by atoms with E-state index < -0.39 is 11.6 Å². The number of carboxylic acids is 1. The molecule has 0 saturated carbocycles. The zero-order chi connectivity index (χ0) is 14.0. The van der Waals surface area contributed by atoms with Crippen LogP contribution in [-0.2, 0) is 17.6 Å². The highest BCUT2D eigenvalue weighted by Crippen LogP contribution is 2.41. The van der Waals surface area contributed by atoms with Crippen LogP contribution in [0.25, 0.3) is 0 Å². The van der Waals surface area contributed by atoms with Crippen molar-refractivity contribution < 1.29 is 19.7 Å². The fourth-order valence-electron chi connectivity index (χ4n) is 2.62. The maximum atomic E-state index is 11.5. The van der Waals surface area contributed by atoms with Crippen LogP contribution < -0.4 is 4.74 Å². The second kappa shape index (κ2) is 5.11. The molecule has 104 valence electrons. The minimum Gasteiger partial charge on any atom is -0.508 e. The lowest BCUT2D eigenvalue weighted by molar-refractivity contribution is -0.157. The zero-order valence-electron chi connectivity index (χ0n) is 11.4. The largest absolute Gasteiger partial charge is 0.508 e. The molecule has 4 heteroatoms. The van der Waals surface area contributed by atoms with Crippen LogP contribution in [0.5, 0.6) is 11.5 Å². The molecular formula is C15H20O4. The summed E-state index contributed by atoms with van der Waals surface area (Å²) in [7, 11) is 0. The van der Waals surface area contributed by atoms with Gasteiger partial charge in [-0.05, 0) is 30.9 Å². The van der Waals surface area contributed by atoms with Gasteiger partial charge in [0.05, 0.1) is 0 Å². The number of hydrogen-bond donors (Lipinski definition) is 2. The molecular weight excluding hydrogens is 244 g/mol. The molecule has 0 bridgehead atoms. The van der Waals surface area contributed by atoms with E-state index in [1.165, 1.54) is 0 Å². The van der Waals surface area contributed by atoms with Gasteiger partial charge in [-0.3, -0.25) is 0 Å². The van der Waals surface area contributed by atoms with Gasteiger partial charge in [0, 0.05) is 12.0 Å². The number of fused-ring (bicyclic) bond motifs is 1. The maximum Gasteiger partial charge on any atom is 0.348 e. The molecule has 1 heterocycles. The average molecular weight is 264 g/mol. The molecule has 0 saturated heterocycles. The molecule has 1 aliphatic rings. The van der Waals surface area contributed by atoms with E-state index in [1.807, 2.05) is 19.9 Å². The first-order chi connectivity index (χ1) is 9.04. The van der Waals surface area contributed by atoms with Crippen molar-refractivity contribution in [1.82, 2.24) is 0 Å². The Kier molecular flexibility index (Phi) is 3.69. The Labute approximate surface area is 113 Å². The van der Waals surface area contributed by atoms with Crippen molar-refractivity contribution >= 4 is 5.97 Å². The predicted octanol–water partition coefficient (Wildman–Crippen LogP) is 2.90. The Morgan fingerprint density at radius 2 is 2.16 bits per heavy atom. The number of benzene rings is 1. The normalized spacial score (nSPS) is 21.6. The van der Waals surface area contributed by atoms with E-state index in [1.54, 1.807) is 6.07 Å². The molecule has 2 rings (SSSR count). The second-order valence-corrected chi connectivity index (χ2v) is 5.06. The number of aliphatic carboxylic acids is 1. The Balaban J connectivity index is 2.47. The van der Waals surface area contributed by atoms with E-state index in [4.69, 9.17) is 4.74 Å². The third-order valence-electron chi connectivity index (χ3n) is 3.87. The Morgan fingerprint density at radius 3 is 2.74 bits per heavy atom. The monoisotopic (exact) mass is 264 g/mol. The third kappa shape index (κ3) is 2.27. The summed E-state index contributed by atoms with van der Waals surface area (Å²) in [6.07, 6.45) is 3.13. The van der Waals surface area contributed by atoms with Gasteiger partial charge >= 0.3 is 5.97 Å². The molecule has 0 aliphatic carbocycles. The third-order valence-corrected chi connectivity index (χ3v) is 3.87. The van der Waals surface area contributed by atoms with Gasteiger partial charge in [0.1, 0.15) is 11.5 Å². The van der Waals surface area contributed by atoms with Crippen molar-refractivity contribution in [3.63, 3.8) is 0 Å². The molecule has 19 heavy (non-hydrogen) atoms. The van der Waals surface area contributed by atoms with Gasteiger partial charge in [0.2, 0.25) is 5.60 Å². The van der Waals surface area contributed by atoms with Gasteiger partial charge < -0.3 is 14.9 Å². The number of hydrogen-bond acceptors (Lipinski definition) is 3. The summed E-state index contributed by atoms with van der Waals surface area (Å²) in [6.45, 7) is 3.84. The first-order valence-corrected chi connectivity index (χ1v) is 6.80. The van der Waals surface area contributed by atoms with Crippen LogP contribution in [0.1, 0.15) is 44.2 Å². The quantitative estimate of drug-likeness (QED) is 0.877. The molecule has 4 nitrogen and oxygen atoms in total. The molecule has 0 amide bonds. The summed E-state index contributed by atoms with van der Waals surface area (Å²) in [6, 6.07) is 3.50. The molecule has 1 unspecified atom stereocenters. The van der Waals surface area contributed by atoms with E-state index in [0.717, 1.165) is 17.5 Å². The van der Waals surface area contributed by atoms with Gasteiger partial charge in [0.25, 0.3) is 0 Å². The first-order valence-electron chi connectivity index (χ1n) is 6.80. The maximum absolute atomic E-state index is 11.5. The van der Waals surface area contributed by atoms with Gasteiger partial charge in [0.15, 0.2) is 0 Å². The lowest BCUT2D eigenvalue weighted by Crippen LogP contribution is -2.46. The molecule has 1 atom stereocenters. The number of carboxylic acid groups (broad SMARTS) is 1. The van der Waals surface area contributed by atoms with Crippen LogP contribution in [0.15, 0.2) is 12.1 Å². The standard InChI is InChI=1S/C15H20O4/c1-3-5-11-12(16)7-6-10-8-9-15(4-2,14(17)18)19-13(10)11/h6-7,16H,3-5,8-9H2,1-2H3,(H,17,18). The summed E-state index contributed by atoms with van der Waals surface area (Å²) in [5.41, 5.74) is 0.578. The fraction of sp³-hybridized carbons (Fsp3) is 0.533. The van der Waals surface area contributed by atoms with E-state index in [0.29, 0.717) is 31.4 Å². The molecule has 1 aliphatic heterocycles. The SMILES string of the molecule is CCCc1c(O)ccc2c1OC(CC)(C(=O)O)CC2. The van der Waals surface area contributed by atoms with Crippen LogP contribution >= 0.6 is 0 Å². The number of phenolic OH excluding ortho intramolecular Hbond substituents is 1. The highest BCUT2D eigenvalue weighted by Gasteiger charge is 2.43. The van der Waals surface area contributed by atoms with Crippen molar-refractivity contribution in [2.24, 2.45) is 0 Å². The van der Waals surface area contributed by atoms with Gasteiger partial charge in [-0.25, -0.2) is 4.79 Å². The number of ether oxygens (including phenoxy) is 1. The summed E-state index contributed by atoms with van der Waals surface area (Å²) >= 11 is 0. The Bertz CT molecular complexity index is 495. The van der Waals surface area contributed by atoms with Crippen LogP contribution in [-0.4, -0.2) is 21.8 Å². The van der Waals surface area contributed by atoms with Gasteiger partial charge in [-0.15, -0.1) is 0 Å². The predicted molar refractivity (Wildman–Crippen MR) is 71.7 cm³/mol. The van der Waals surface area contributed by atoms with Crippen LogP contribution in [0.2, 0.25) is 0 Å². The highest BCUT2D eigenvalue weighted by atomic mass is 16.5. The van der Waals surface area contributed by atoms with Crippen LogP contribution in [0.4, 0.5) is 0 Å². The minimum absolute atomic E-state index is 0.192. The van der Waals surface area contributed by atoms with E-state index in [-0.39, 0.29) is 5.75 Å². The van der Waals surface area contributed by atoms with E-state index >= 15 is 0 Å². The zero-order valence-corrected chi connectivity index (χ0v) is 11.4. The van der Waals surface area contributed by atoms with E-state index in [9.17, 15) is 15.0 Å². The fourth-order valence-corrected chi connectivity index (χ4v) is 2.62. The molecule has 0 radical (unpaired) electrons. The van der Waals surface area contributed by atoms with E-state index in [2.05, 4.69) is 0 Å². The number of carbonyl (C=O) groups is 1. The summed E-state index contributed by atoms with van der Waals surface area (Å²) in [5.74, 6) is -0.151. The van der Waals surface area contributed by atoms with Crippen molar-refractivity contribution in [2.45, 2.75) is 51.6 Å². The summed E-state index contributed by atoms with van der Waals surface area (Å²) in [4.78, 5) is 11.5. The lowest BCUT2D eigenvalue weighted by atomic mass is 9.87. The minimum atomic E-state index is -1.15. The lowest BCUT2D eigenvalue weighted by Gasteiger charge is -2.35. The molecule has 0 spiro atoms. The van der Waals surface area contributed by atoms with Crippen molar-refractivity contribution in [2.75, 3.05) is 0 Å². The number of rotatable bonds is 4. The molecule has 1 aromatic rings. The summed E-state index contributed by atoms with van der Waals surface area (Å²) in [5, 5.41) is 19.4. The second-order valence-electron chi connectivity index (χ2n) is 5.06. The van der Waals surface area contributed by atoms with Crippen molar-refractivity contribution in [3.05, 3.63) is 23.3 Å². The highest BCUT2D eigenvalue weighted by molar-refractivity contribution is 5.78. The van der Waals surface area contributed by atoms with Crippen molar-refractivity contribution in [1.29, 1.82) is 0 Å². The number of phenols is 1. The van der Waals surface area contributed by atoms with Crippen LogP contribution in [0, 0.1) is 0 Å². The topological polar surface area (TPSA) is 66.8 Å². The molecule has 0 aromatic heterocycles.